The molecule has 4 N–H and O–H groups in total. The SMILES string of the molecule is Nc1cccnc1NCC1CCC(=O)N1. The molecule has 5 nitrogen and oxygen atoms in total. The summed E-state index contributed by atoms with van der Waals surface area (Å²) in [5, 5.41) is 6.00. The van der Waals surface area contributed by atoms with Gasteiger partial charge in [0.15, 0.2) is 0 Å². The molecule has 0 aliphatic carbocycles. The Hall–Kier alpha value is -1.78. The van der Waals surface area contributed by atoms with Crippen LogP contribution in [0.1, 0.15) is 12.8 Å². The lowest BCUT2D eigenvalue weighted by atomic mass is 10.2. The van der Waals surface area contributed by atoms with Gasteiger partial charge in [0.1, 0.15) is 5.82 Å². The zero-order chi connectivity index (χ0) is 10.7. The first-order chi connectivity index (χ1) is 7.25. The van der Waals surface area contributed by atoms with Crippen LogP contribution in [-0.2, 0) is 4.79 Å². The van der Waals surface area contributed by atoms with E-state index in [2.05, 4.69) is 15.6 Å². The predicted molar refractivity (Wildman–Crippen MR) is 58.3 cm³/mol. The molecule has 1 fully saturated rings. The van der Waals surface area contributed by atoms with Crippen LogP contribution in [0.2, 0.25) is 0 Å². The zero-order valence-corrected chi connectivity index (χ0v) is 8.36. The molecule has 80 valence electrons. The molecule has 1 amide bonds. The summed E-state index contributed by atoms with van der Waals surface area (Å²) in [6, 6.07) is 3.78. The fraction of sp³-hybridized carbons (Fsp3) is 0.400. The fourth-order valence-electron chi connectivity index (χ4n) is 1.62. The third-order valence-electron chi connectivity index (χ3n) is 2.44. The van der Waals surface area contributed by atoms with Gasteiger partial charge in [-0.1, -0.05) is 0 Å². The van der Waals surface area contributed by atoms with Crippen molar-refractivity contribution in [3.8, 4) is 0 Å². The molecule has 5 heteroatoms. The minimum Gasteiger partial charge on any atom is -0.396 e. The standard InChI is InChI=1S/C10H14N4O/c11-8-2-1-5-12-10(8)13-6-7-3-4-9(15)14-7/h1-2,5,7H,3-4,6,11H2,(H,12,13)(H,14,15). The average molecular weight is 206 g/mol. The van der Waals surface area contributed by atoms with Crippen LogP contribution in [0.3, 0.4) is 0 Å². The quantitative estimate of drug-likeness (QED) is 0.667. The summed E-state index contributed by atoms with van der Waals surface area (Å²) in [7, 11) is 0. The van der Waals surface area contributed by atoms with Gasteiger partial charge in [0.2, 0.25) is 5.91 Å². The molecule has 0 spiro atoms. The van der Waals surface area contributed by atoms with Gasteiger partial charge in [-0.05, 0) is 18.6 Å². The van der Waals surface area contributed by atoms with E-state index in [0.29, 0.717) is 24.5 Å². The number of nitrogens with two attached hydrogens (primary N) is 1. The molecular formula is C10H14N4O. The van der Waals surface area contributed by atoms with E-state index in [9.17, 15) is 4.79 Å². The Balaban J connectivity index is 1.88. The lowest BCUT2D eigenvalue weighted by molar-refractivity contribution is -0.119. The van der Waals surface area contributed by atoms with Crippen LogP contribution in [-0.4, -0.2) is 23.5 Å². The van der Waals surface area contributed by atoms with E-state index in [0.717, 1.165) is 6.42 Å². The first-order valence-corrected chi connectivity index (χ1v) is 4.99. The summed E-state index contributed by atoms with van der Waals surface area (Å²) in [5.74, 6) is 0.800. The second kappa shape index (κ2) is 4.16. The lowest BCUT2D eigenvalue weighted by Gasteiger charge is -2.12. The van der Waals surface area contributed by atoms with E-state index < -0.39 is 0 Å². The molecule has 2 rings (SSSR count). The molecule has 1 aliphatic heterocycles. The Labute approximate surface area is 88.1 Å². The highest BCUT2D eigenvalue weighted by molar-refractivity contribution is 5.78. The molecule has 1 atom stereocenters. The van der Waals surface area contributed by atoms with Crippen molar-refractivity contribution >= 4 is 17.4 Å². The third-order valence-corrected chi connectivity index (χ3v) is 2.44. The first-order valence-electron chi connectivity index (χ1n) is 4.99. The number of pyridine rings is 1. The van der Waals surface area contributed by atoms with Gasteiger partial charge in [0.05, 0.1) is 5.69 Å². The molecule has 0 saturated carbocycles. The molecule has 1 saturated heterocycles. The smallest absolute Gasteiger partial charge is 0.220 e. The van der Waals surface area contributed by atoms with Crippen LogP contribution in [0, 0.1) is 0 Å². The van der Waals surface area contributed by atoms with Gasteiger partial charge in [-0.25, -0.2) is 4.98 Å². The number of amides is 1. The Morgan fingerprint density at radius 1 is 1.67 bits per heavy atom. The number of nitrogens with zero attached hydrogens (tertiary/aromatic N) is 1. The topological polar surface area (TPSA) is 80.0 Å². The Morgan fingerprint density at radius 3 is 3.20 bits per heavy atom. The van der Waals surface area contributed by atoms with Crippen LogP contribution >= 0.6 is 0 Å². The maximum Gasteiger partial charge on any atom is 0.220 e. The van der Waals surface area contributed by atoms with E-state index in [-0.39, 0.29) is 11.9 Å². The van der Waals surface area contributed by atoms with Gasteiger partial charge >= 0.3 is 0 Å². The summed E-state index contributed by atoms with van der Waals surface area (Å²) < 4.78 is 0. The van der Waals surface area contributed by atoms with E-state index in [1.165, 1.54) is 0 Å². The second-order valence-electron chi connectivity index (χ2n) is 3.63. The molecule has 2 heterocycles. The van der Waals surface area contributed by atoms with Gasteiger partial charge < -0.3 is 16.4 Å². The summed E-state index contributed by atoms with van der Waals surface area (Å²) >= 11 is 0. The number of nitrogens with one attached hydrogen (secondary N) is 2. The molecule has 1 unspecified atom stereocenters. The molecule has 15 heavy (non-hydrogen) atoms. The monoisotopic (exact) mass is 206 g/mol. The molecule has 1 aliphatic rings. The van der Waals surface area contributed by atoms with Gasteiger partial charge in [0.25, 0.3) is 0 Å². The van der Waals surface area contributed by atoms with E-state index >= 15 is 0 Å². The Morgan fingerprint density at radius 2 is 2.53 bits per heavy atom. The Kier molecular flexibility index (Phi) is 2.71. The summed E-state index contributed by atoms with van der Waals surface area (Å²) in [6.45, 7) is 0.674. The van der Waals surface area contributed by atoms with Crippen molar-refractivity contribution in [1.82, 2.24) is 10.3 Å². The Bertz CT molecular complexity index is 366. The van der Waals surface area contributed by atoms with Crippen molar-refractivity contribution in [2.24, 2.45) is 0 Å². The van der Waals surface area contributed by atoms with Crippen molar-refractivity contribution in [1.29, 1.82) is 0 Å². The lowest BCUT2D eigenvalue weighted by Crippen LogP contribution is -2.32. The summed E-state index contributed by atoms with van der Waals surface area (Å²) in [4.78, 5) is 15.1. The highest BCUT2D eigenvalue weighted by atomic mass is 16.1. The van der Waals surface area contributed by atoms with Crippen LogP contribution in [0.5, 0.6) is 0 Å². The number of hydrogen-bond acceptors (Lipinski definition) is 4. The molecule has 0 bridgehead atoms. The minimum atomic E-state index is 0.121. The molecule has 1 aromatic heterocycles. The molecular weight excluding hydrogens is 192 g/mol. The van der Waals surface area contributed by atoms with E-state index in [1.807, 2.05) is 0 Å². The maximum absolute atomic E-state index is 11.0. The second-order valence-corrected chi connectivity index (χ2v) is 3.63. The van der Waals surface area contributed by atoms with Crippen molar-refractivity contribution in [3.05, 3.63) is 18.3 Å². The predicted octanol–water partition coefficient (Wildman–Crippen LogP) is 0.354. The van der Waals surface area contributed by atoms with E-state index in [4.69, 9.17) is 5.73 Å². The minimum absolute atomic E-state index is 0.121. The fourth-order valence-corrected chi connectivity index (χ4v) is 1.62. The largest absolute Gasteiger partial charge is 0.396 e. The maximum atomic E-state index is 11.0. The molecule has 0 aromatic carbocycles. The number of hydrogen-bond donors (Lipinski definition) is 3. The normalized spacial score (nSPS) is 20.0. The van der Waals surface area contributed by atoms with Crippen LogP contribution in [0.4, 0.5) is 11.5 Å². The highest BCUT2D eigenvalue weighted by Crippen LogP contribution is 2.14. The van der Waals surface area contributed by atoms with Crippen molar-refractivity contribution in [2.45, 2.75) is 18.9 Å². The van der Waals surface area contributed by atoms with Gasteiger partial charge in [-0.15, -0.1) is 0 Å². The van der Waals surface area contributed by atoms with Crippen LogP contribution in [0.15, 0.2) is 18.3 Å². The van der Waals surface area contributed by atoms with Crippen molar-refractivity contribution in [3.63, 3.8) is 0 Å². The van der Waals surface area contributed by atoms with Gasteiger partial charge in [-0.3, -0.25) is 4.79 Å². The van der Waals surface area contributed by atoms with Crippen LogP contribution in [0.25, 0.3) is 0 Å². The molecule has 1 aromatic rings. The highest BCUT2D eigenvalue weighted by Gasteiger charge is 2.20. The number of carbonyl (C=O) groups is 1. The first kappa shape index (κ1) is 9.76. The van der Waals surface area contributed by atoms with Crippen LogP contribution < -0.4 is 16.4 Å². The number of aromatic nitrogens is 1. The number of anilines is 2. The number of carbonyl (C=O) groups excluding carboxylic acids is 1. The number of nitrogen functional groups attached to an aromatic ring is 1. The van der Waals surface area contributed by atoms with Crippen molar-refractivity contribution in [2.75, 3.05) is 17.6 Å². The number of rotatable bonds is 3. The molecule has 0 radical (unpaired) electrons. The van der Waals surface area contributed by atoms with E-state index in [1.54, 1.807) is 18.3 Å². The third kappa shape index (κ3) is 2.37. The van der Waals surface area contributed by atoms with Crippen molar-refractivity contribution < 1.29 is 4.79 Å². The van der Waals surface area contributed by atoms with Gasteiger partial charge in [-0.2, -0.15) is 0 Å². The average Bonchev–Trinajstić information content (AvgIpc) is 2.63. The summed E-state index contributed by atoms with van der Waals surface area (Å²) in [5.41, 5.74) is 6.35. The summed E-state index contributed by atoms with van der Waals surface area (Å²) in [6.07, 6.45) is 3.18. The van der Waals surface area contributed by atoms with Gasteiger partial charge in [0, 0.05) is 25.2 Å². The zero-order valence-electron chi connectivity index (χ0n) is 8.36.